The first kappa shape index (κ1) is 4.09. The van der Waals surface area contributed by atoms with E-state index in [-0.39, 0.29) is 10.5 Å². The molecule has 0 aliphatic heterocycles. The van der Waals surface area contributed by atoms with Gasteiger partial charge in [0, 0.05) is 31.3 Å². The smallest absolute Gasteiger partial charge is 0.253 e. The number of hydrogen-bond donors (Lipinski definition) is 0. The van der Waals surface area contributed by atoms with Gasteiger partial charge in [0.25, 0.3) is 5.91 Å². The molecular formula is C9H10INO. The van der Waals surface area contributed by atoms with Crippen LogP contribution in [0, 0.1) is 3.57 Å². The molecule has 0 N–H and O–H groups in total. The summed E-state index contributed by atoms with van der Waals surface area (Å²) < 4.78 is 43.6. The van der Waals surface area contributed by atoms with Gasteiger partial charge in [-0.05, 0) is 40.8 Å². The maximum Gasteiger partial charge on any atom is 0.253 e. The Morgan fingerprint density at radius 2 is 2.33 bits per heavy atom. The van der Waals surface area contributed by atoms with Crippen LogP contribution < -0.4 is 0 Å². The number of carbonyl (C=O) groups is 1. The fourth-order valence-corrected chi connectivity index (χ4v) is 1.29. The molecule has 3 heteroatoms. The molecule has 12 heavy (non-hydrogen) atoms. The molecule has 0 aliphatic carbocycles. The summed E-state index contributed by atoms with van der Waals surface area (Å²) in [5, 5.41) is 0. The van der Waals surface area contributed by atoms with Crippen molar-refractivity contribution in [1.82, 2.24) is 4.90 Å². The number of rotatable bonds is 1. The fourth-order valence-electron chi connectivity index (χ4n) is 0.751. The van der Waals surface area contributed by atoms with E-state index in [9.17, 15) is 4.79 Å². The van der Waals surface area contributed by atoms with Crippen LogP contribution in [0.1, 0.15) is 18.6 Å². The minimum absolute atomic E-state index is 0.0363. The van der Waals surface area contributed by atoms with Gasteiger partial charge in [-0.1, -0.05) is 6.07 Å². The first-order valence-corrected chi connectivity index (χ1v) is 4.21. The third-order valence-corrected chi connectivity index (χ3v) is 1.95. The van der Waals surface area contributed by atoms with Gasteiger partial charge in [0.2, 0.25) is 0 Å². The normalized spacial score (nSPS) is 19.1. The Hall–Kier alpha value is -0.580. The lowest BCUT2D eigenvalue weighted by Gasteiger charge is -2.09. The molecule has 0 fully saturated rings. The Balaban J connectivity index is 3.20. The molecule has 1 amide bonds. The van der Waals surface area contributed by atoms with Crippen molar-refractivity contribution in [3.63, 3.8) is 0 Å². The molecule has 0 aliphatic rings. The Kier molecular flexibility index (Phi) is 1.32. The maximum absolute atomic E-state index is 12.0. The SMILES string of the molecule is [2H]C([2H])([2H])N(C(=O)c1cccc(I)c1)C([2H])([2H])[2H]. The van der Waals surface area contributed by atoms with Crippen LogP contribution in [0.25, 0.3) is 0 Å². The second-order valence-electron chi connectivity index (χ2n) is 2.15. The first-order valence-electron chi connectivity index (χ1n) is 6.14. The van der Waals surface area contributed by atoms with Crippen LogP contribution in [0.5, 0.6) is 0 Å². The number of carbonyl (C=O) groups excluding carboxylic acids is 1. The molecule has 64 valence electrons. The van der Waals surface area contributed by atoms with Gasteiger partial charge in [-0.3, -0.25) is 4.79 Å². The molecule has 0 atom stereocenters. The summed E-state index contributed by atoms with van der Waals surface area (Å²) >= 11 is 1.95. The van der Waals surface area contributed by atoms with Gasteiger partial charge in [0.1, 0.15) is 0 Å². The zero-order valence-corrected chi connectivity index (χ0v) is 8.20. The zero-order valence-electron chi connectivity index (χ0n) is 12.0. The topological polar surface area (TPSA) is 20.3 Å². The predicted octanol–water partition coefficient (Wildman–Crippen LogP) is 1.99. The highest BCUT2D eigenvalue weighted by Crippen LogP contribution is 2.08. The summed E-state index contributed by atoms with van der Waals surface area (Å²) in [4.78, 5) is 11.9. The quantitative estimate of drug-likeness (QED) is 0.721. The molecular weight excluding hydrogens is 265 g/mol. The van der Waals surface area contributed by atoms with Crippen LogP contribution in [0.15, 0.2) is 24.3 Å². The molecule has 1 aromatic rings. The van der Waals surface area contributed by atoms with E-state index < -0.39 is 19.9 Å². The average molecular weight is 281 g/mol. The van der Waals surface area contributed by atoms with Crippen molar-refractivity contribution in [2.75, 3.05) is 14.0 Å². The molecule has 0 aromatic heterocycles. The van der Waals surface area contributed by atoms with Gasteiger partial charge in [-0.25, -0.2) is 0 Å². The summed E-state index contributed by atoms with van der Waals surface area (Å²) in [6, 6.07) is 6.10. The Morgan fingerprint density at radius 3 is 2.92 bits per heavy atom. The second kappa shape index (κ2) is 3.89. The van der Waals surface area contributed by atoms with E-state index >= 15 is 0 Å². The summed E-state index contributed by atoms with van der Waals surface area (Å²) in [5.41, 5.74) is 0.0363. The predicted molar refractivity (Wildman–Crippen MR) is 57.2 cm³/mol. The van der Waals surface area contributed by atoms with Gasteiger partial charge >= 0.3 is 0 Å². The van der Waals surface area contributed by atoms with Crippen LogP contribution >= 0.6 is 22.6 Å². The van der Waals surface area contributed by atoms with E-state index in [2.05, 4.69) is 0 Å². The summed E-state index contributed by atoms with van der Waals surface area (Å²) in [6.45, 7) is -6.02. The largest absolute Gasteiger partial charge is 0.345 e. The number of halogens is 1. The van der Waals surface area contributed by atoms with Gasteiger partial charge in [-0.15, -0.1) is 0 Å². The van der Waals surface area contributed by atoms with Crippen molar-refractivity contribution >= 4 is 28.5 Å². The van der Waals surface area contributed by atoms with Crippen molar-refractivity contribution in [1.29, 1.82) is 0 Å². The number of benzene rings is 1. The van der Waals surface area contributed by atoms with Gasteiger partial charge in [0.05, 0.1) is 0 Å². The first-order chi connectivity index (χ1) is 8.03. The lowest BCUT2D eigenvalue weighted by molar-refractivity contribution is 0.0827. The van der Waals surface area contributed by atoms with E-state index in [1.165, 1.54) is 12.1 Å². The van der Waals surface area contributed by atoms with Crippen LogP contribution in [0.3, 0.4) is 0 Å². The van der Waals surface area contributed by atoms with Crippen LogP contribution in [0.4, 0.5) is 0 Å². The van der Waals surface area contributed by atoms with E-state index in [4.69, 9.17) is 8.22 Å². The highest BCUT2D eigenvalue weighted by Gasteiger charge is 2.06. The highest BCUT2D eigenvalue weighted by atomic mass is 127. The van der Waals surface area contributed by atoms with E-state index in [1.54, 1.807) is 12.1 Å². The molecule has 0 radical (unpaired) electrons. The molecule has 1 rings (SSSR count). The number of nitrogens with zero attached hydrogens (tertiary/aromatic N) is 1. The molecule has 0 saturated carbocycles. The Bertz CT molecular complexity index is 441. The van der Waals surface area contributed by atoms with Crippen LogP contribution in [-0.4, -0.2) is 24.8 Å². The standard InChI is InChI=1S/C9H10INO/c1-11(2)9(12)7-4-3-5-8(10)6-7/h3-6H,1-2H3/i1D3,2D3. The second-order valence-corrected chi connectivity index (χ2v) is 3.40. The minimum atomic E-state index is -3.01. The van der Waals surface area contributed by atoms with Crippen molar-refractivity contribution < 1.29 is 13.0 Å². The minimum Gasteiger partial charge on any atom is -0.345 e. The van der Waals surface area contributed by atoms with Crippen LogP contribution in [-0.2, 0) is 0 Å². The van der Waals surface area contributed by atoms with E-state index in [1.807, 2.05) is 22.6 Å². The van der Waals surface area contributed by atoms with Crippen LogP contribution in [0.2, 0.25) is 0 Å². The number of hydrogen-bond acceptors (Lipinski definition) is 1. The molecule has 0 bridgehead atoms. The van der Waals surface area contributed by atoms with E-state index in [0.717, 1.165) is 3.57 Å². The zero-order chi connectivity index (χ0) is 14.1. The molecule has 1 aromatic carbocycles. The number of amides is 1. The van der Waals surface area contributed by atoms with E-state index in [0.29, 0.717) is 0 Å². The molecule has 0 saturated heterocycles. The van der Waals surface area contributed by atoms with Gasteiger partial charge in [0.15, 0.2) is 0 Å². The van der Waals surface area contributed by atoms with Crippen molar-refractivity contribution in [2.45, 2.75) is 0 Å². The lowest BCUT2D eigenvalue weighted by Crippen LogP contribution is -2.21. The average Bonchev–Trinajstić information content (AvgIpc) is 2.12. The lowest BCUT2D eigenvalue weighted by atomic mass is 10.2. The third-order valence-electron chi connectivity index (χ3n) is 1.27. The summed E-state index contributed by atoms with van der Waals surface area (Å²) in [6.07, 6.45) is 0. The monoisotopic (exact) mass is 281 g/mol. The van der Waals surface area contributed by atoms with Crippen molar-refractivity contribution in [3.05, 3.63) is 33.4 Å². The van der Waals surface area contributed by atoms with Gasteiger partial charge < -0.3 is 4.90 Å². The van der Waals surface area contributed by atoms with Crippen molar-refractivity contribution in [3.8, 4) is 0 Å². The third kappa shape index (κ3) is 2.20. The molecule has 0 spiro atoms. The van der Waals surface area contributed by atoms with Gasteiger partial charge in [-0.2, -0.15) is 0 Å². The maximum atomic E-state index is 12.0. The molecule has 2 nitrogen and oxygen atoms in total. The Labute approximate surface area is 94.1 Å². The summed E-state index contributed by atoms with van der Waals surface area (Å²) in [7, 11) is 0. The molecule has 0 heterocycles. The summed E-state index contributed by atoms with van der Waals surface area (Å²) in [5.74, 6) is -1.03. The highest BCUT2D eigenvalue weighted by molar-refractivity contribution is 14.1. The van der Waals surface area contributed by atoms with Crippen molar-refractivity contribution in [2.24, 2.45) is 0 Å². The molecule has 0 unspecified atom stereocenters. The Morgan fingerprint density at radius 1 is 1.58 bits per heavy atom. The fraction of sp³-hybridized carbons (Fsp3) is 0.222.